The predicted octanol–water partition coefficient (Wildman–Crippen LogP) is 4.40. The van der Waals surface area contributed by atoms with Crippen molar-refractivity contribution in [1.29, 1.82) is 0 Å². The second kappa shape index (κ2) is 5.15. The summed E-state index contributed by atoms with van der Waals surface area (Å²) in [6.07, 6.45) is 0.984. The minimum absolute atomic E-state index is 0.984. The molecule has 1 nitrogen and oxygen atoms in total. The summed E-state index contributed by atoms with van der Waals surface area (Å²) in [5.41, 5.74) is 6.80. The molecule has 0 aliphatic rings. The summed E-state index contributed by atoms with van der Waals surface area (Å²) >= 11 is 1.63. The maximum atomic E-state index is 4.32. The van der Waals surface area contributed by atoms with Crippen LogP contribution < -0.4 is 0 Å². The molecule has 2 aromatic carbocycles. The van der Waals surface area contributed by atoms with E-state index in [1.54, 1.807) is 11.3 Å². The van der Waals surface area contributed by atoms with Crippen LogP contribution in [0.2, 0.25) is 0 Å². The first-order chi connectivity index (χ1) is 8.92. The van der Waals surface area contributed by atoms with E-state index in [1.807, 2.05) is 5.51 Å². The van der Waals surface area contributed by atoms with Gasteiger partial charge in [-0.2, -0.15) is 0 Å². The summed E-state index contributed by atoms with van der Waals surface area (Å²) in [6.45, 7) is 0. The Balaban J connectivity index is 1.80. The van der Waals surface area contributed by atoms with E-state index >= 15 is 0 Å². The summed E-state index contributed by atoms with van der Waals surface area (Å²) in [4.78, 5) is 4.32. The molecule has 0 saturated heterocycles. The molecular weight excluding hydrogens is 238 g/mol. The van der Waals surface area contributed by atoms with Crippen LogP contribution in [-0.4, -0.2) is 4.98 Å². The lowest BCUT2D eigenvalue weighted by atomic mass is 10.0. The molecule has 0 unspecified atom stereocenters. The SMILES string of the molecule is c1ccc(Cc2ccc(-c3cscn3)cc2)cc1. The van der Waals surface area contributed by atoms with Gasteiger partial charge < -0.3 is 0 Å². The van der Waals surface area contributed by atoms with Gasteiger partial charge in [0.25, 0.3) is 0 Å². The highest BCUT2D eigenvalue weighted by atomic mass is 32.1. The lowest BCUT2D eigenvalue weighted by Gasteiger charge is -2.03. The average Bonchev–Trinajstić information content (AvgIpc) is 2.95. The molecular formula is C16H13NS. The van der Waals surface area contributed by atoms with Gasteiger partial charge in [0.05, 0.1) is 11.2 Å². The van der Waals surface area contributed by atoms with Gasteiger partial charge >= 0.3 is 0 Å². The van der Waals surface area contributed by atoms with E-state index in [2.05, 4.69) is 65.0 Å². The first-order valence-electron chi connectivity index (χ1n) is 5.93. The topological polar surface area (TPSA) is 12.9 Å². The van der Waals surface area contributed by atoms with Crippen LogP contribution in [0.1, 0.15) is 11.1 Å². The maximum Gasteiger partial charge on any atom is 0.0811 e. The van der Waals surface area contributed by atoms with Crippen molar-refractivity contribution in [2.24, 2.45) is 0 Å². The van der Waals surface area contributed by atoms with Gasteiger partial charge in [0.1, 0.15) is 0 Å². The third-order valence-corrected chi connectivity index (χ3v) is 3.52. The van der Waals surface area contributed by atoms with Gasteiger partial charge in [-0.15, -0.1) is 11.3 Å². The van der Waals surface area contributed by atoms with Crippen LogP contribution >= 0.6 is 11.3 Å². The molecule has 0 saturated carbocycles. The van der Waals surface area contributed by atoms with E-state index < -0.39 is 0 Å². The molecule has 1 heterocycles. The molecule has 18 heavy (non-hydrogen) atoms. The van der Waals surface area contributed by atoms with Crippen molar-refractivity contribution in [2.45, 2.75) is 6.42 Å². The van der Waals surface area contributed by atoms with E-state index in [0.29, 0.717) is 0 Å². The average molecular weight is 251 g/mol. The predicted molar refractivity (Wildman–Crippen MR) is 76.8 cm³/mol. The van der Waals surface area contributed by atoms with Gasteiger partial charge in [0, 0.05) is 10.9 Å². The molecule has 0 atom stereocenters. The Morgan fingerprint density at radius 3 is 2.22 bits per heavy atom. The molecule has 3 rings (SSSR count). The fraction of sp³-hybridized carbons (Fsp3) is 0.0625. The molecule has 0 aliphatic heterocycles. The zero-order chi connectivity index (χ0) is 12.2. The van der Waals surface area contributed by atoms with E-state index in [0.717, 1.165) is 12.1 Å². The quantitative estimate of drug-likeness (QED) is 0.672. The zero-order valence-electron chi connectivity index (χ0n) is 9.91. The lowest BCUT2D eigenvalue weighted by Crippen LogP contribution is -1.87. The van der Waals surface area contributed by atoms with Gasteiger partial charge in [-0.3, -0.25) is 0 Å². The number of thiazole rings is 1. The van der Waals surface area contributed by atoms with Crippen LogP contribution in [0, 0.1) is 0 Å². The Hall–Kier alpha value is -1.93. The molecule has 0 bridgehead atoms. The van der Waals surface area contributed by atoms with E-state index in [4.69, 9.17) is 0 Å². The lowest BCUT2D eigenvalue weighted by molar-refractivity contribution is 1.19. The zero-order valence-corrected chi connectivity index (χ0v) is 10.7. The monoisotopic (exact) mass is 251 g/mol. The standard InChI is InChI=1S/C16H13NS/c1-2-4-13(5-3-1)10-14-6-8-15(9-7-14)16-11-18-12-17-16/h1-9,11-12H,10H2. The molecule has 0 amide bonds. The summed E-state index contributed by atoms with van der Waals surface area (Å²) < 4.78 is 0. The first-order valence-corrected chi connectivity index (χ1v) is 6.87. The van der Waals surface area contributed by atoms with Crippen LogP contribution in [0.15, 0.2) is 65.5 Å². The Kier molecular flexibility index (Phi) is 3.20. The molecule has 0 aliphatic carbocycles. The highest BCUT2D eigenvalue weighted by molar-refractivity contribution is 7.07. The molecule has 88 valence electrons. The number of hydrogen-bond donors (Lipinski definition) is 0. The van der Waals surface area contributed by atoms with Crippen LogP contribution in [0.4, 0.5) is 0 Å². The van der Waals surface area contributed by atoms with Crippen molar-refractivity contribution in [3.63, 3.8) is 0 Å². The highest BCUT2D eigenvalue weighted by Gasteiger charge is 2.00. The Bertz CT molecular complexity index is 597. The van der Waals surface area contributed by atoms with E-state index in [9.17, 15) is 0 Å². The molecule has 1 aromatic heterocycles. The Labute approximate surface area is 111 Å². The van der Waals surface area contributed by atoms with Crippen molar-refractivity contribution < 1.29 is 0 Å². The molecule has 0 fully saturated rings. The fourth-order valence-corrected chi connectivity index (χ4v) is 2.54. The second-order valence-corrected chi connectivity index (χ2v) is 4.95. The minimum atomic E-state index is 0.984. The normalized spacial score (nSPS) is 10.4. The van der Waals surface area contributed by atoms with E-state index in [-0.39, 0.29) is 0 Å². The minimum Gasteiger partial charge on any atom is -0.245 e. The first kappa shape index (κ1) is 11.2. The van der Waals surface area contributed by atoms with Crippen molar-refractivity contribution in [3.05, 3.63) is 76.6 Å². The molecule has 2 heteroatoms. The van der Waals surface area contributed by atoms with Gasteiger partial charge in [-0.05, 0) is 17.5 Å². The number of rotatable bonds is 3. The van der Waals surface area contributed by atoms with Gasteiger partial charge in [-0.25, -0.2) is 4.98 Å². The van der Waals surface area contributed by atoms with Crippen LogP contribution in [0.25, 0.3) is 11.3 Å². The smallest absolute Gasteiger partial charge is 0.0811 e. The fourth-order valence-electron chi connectivity index (χ4n) is 1.98. The van der Waals surface area contributed by atoms with Crippen LogP contribution in [0.3, 0.4) is 0 Å². The maximum absolute atomic E-state index is 4.32. The Morgan fingerprint density at radius 2 is 1.56 bits per heavy atom. The van der Waals surface area contributed by atoms with Gasteiger partial charge in [-0.1, -0.05) is 54.6 Å². The summed E-state index contributed by atoms with van der Waals surface area (Å²) in [7, 11) is 0. The molecule has 0 spiro atoms. The van der Waals surface area contributed by atoms with E-state index in [1.165, 1.54) is 16.7 Å². The number of benzene rings is 2. The molecule has 3 aromatic rings. The van der Waals surface area contributed by atoms with Gasteiger partial charge in [0.15, 0.2) is 0 Å². The summed E-state index contributed by atoms with van der Waals surface area (Å²) in [5, 5.41) is 2.08. The third-order valence-electron chi connectivity index (χ3n) is 2.93. The molecule has 0 N–H and O–H groups in total. The van der Waals surface area contributed by atoms with Crippen molar-refractivity contribution in [1.82, 2.24) is 4.98 Å². The Morgan fingerprint density at radius 1 is 0.833 bits per heavy atom. The number of hydrogen-bond acceptors (Lipinski definition) is 2. The number of nitrogens with zero attached hydrogens (tertiary/aromatic N) is 1. The molecule has 0 radical (unpaired) electrons. The second-order valence-electron chi connectivity index (χ2n) is 4.23. The third kappa shape index (κ3) is 2.49. The van der Waals surface area contributed by atoms with Crippen LogP contribution in [0.5, 0.6) is 0 Å². The van der Waals surface area contributed by atoms with Gasteiger partial charge in [0.2, 0.25) is 0 Å². The summed E-state index contributed by atoms with van der Waals surface area (Å²) in [5.74, 6) is 0. The highest BCUT2D eigenvalue weighted by Crippen LogP contribution is 2.20. The largest absolute Gasteiger partial charge is 0.245 e. The van der Waals surface area contributed by atoms with Crippen molar-refractivity contribution in [3.8, 4) is 11.3 Å². The summed E-state index contributed by atoms with van der Waals surface area (Å²) in [6, 6.07) is 19.2. The van der Waals surface area contributed by atoms with Crippen molar-refractivity contribution >= 4 is 11.3 Å². The van der Waals surface area contributed by atoms with Crippen LogP contribution in [-0.2, 0) is 6.42 Å². The van der Waals surface area contributed by atoms with Crippen molar-refractivity contribution in [2.75, 3.05) is 0 Å². The number of aromatic nitrogens is 1.